The lowest BCUT2D eigenvalue weighted by Gasteiger charge is -2.32. The first kappa shape index (κ1) is 72.8. The number of carboxylic acids is 2. The van der Waals surface area contributed by atoms with Crippen molar-refractivity contribution in [1.82, 2.24) is 47.4 Å². The van der Waals surface area contributed by atoms with Gasteiger partial charge in [0.2, 0.25) is 65.0 Å². The first-order valence-corrected chi connectivity index (χ1v) is 28.4. The number of hydrogen-bond acceptors (Lipinski definition) is 17. The summed E-state index contributed by atoms with van der Waals surface area (Å²) in [6.07, 6.45) is -2.22. The lowest BCUT2D eigenvalue weighted by Crippen LogP contribution is -2.62. The van der Waals surface area contributed by atoms with Gasteiger partial charge in [-0.3, -0.25) is 62.5 Å². The molecule has 11 atom stereocenters. The minimum Gasteiger partial charge on any atom is -0.508 e. The van der Waals surface area contributed by atoms with Crippen LogP contribution in [0, 0.1) is 11.8 Å². The summed E-state index contributed by atoms with van der Waals surface area (Å²) in [5, 5.41) is 59.1. The molecule has 0 radical (unpaired) electrons. The number of phenolic OH excluding ortho intramolecular Hbond substituents is 1. The number of phenols is 1. The van der Waals surface area contributed by atoms with Crippen molar-refractivity contribution in [1.29, 1.82) is 0 Å². The fraction of sp³-hybridized carbons (Fsp3) is 0.536. The number of aromatic hydroxyl groups is 1. The molecule has 1 saturated heterocycles. The second-order valence-electron chi connectivity index (χ2n) is 21.6. The fourth-order valence-corrected chi connectivity index (χ4v) is 9.17. The number of aliphatic hydroxyl groups excluding tert-OH is 1. The van der Waals surface area contributed by atoms with Crippen molar-refractivity contribution in [3.8, 4) is 5.75 Å². The minimum atomic E-state index is -1.95. The lowest BCUT2D eigenvalue weighted by molar-refractivity contribution is -0.144. The zero-order valence-electron chi connectivity index (χ0n) is 49.4. The number of primary amides is 2. The largest absolute Gasteiger partial charge is 0.508 e. The van der Waals surface area contributed by atoms with Gasteiger partial charge in [0.15, 0.2) is 5.96 Å². The molecular formula is C56H83N15O17. The van der Waals surface area contributed by atoms with E-state index in [1.54, 1.807) is 44.2 Å². The molecule has 0 aromatic heterocycles. The fourth-order valence-electron chi connectivity index (χ4n) is 9.17. The molecule has 3 rings (SSSR count). The average Bonchev–Trinajstić information content (AvgIpc) is 3.87. The van der Waals surface area contributed by atoms with Crippen LogP contribution in [0.3, 0.4) is 0 Å². The lowest BCUT2D eigenvalue weighted by atomic mass is 9.97. The Bertz CT molecular complexity index is 2820. The van der Waals surface area contributed by atoms with E-state index in [4.69, 9.17) is 28.7 Å². The quantitative estimate of drug-likeness (QED) is 0.0171. The molecule has 1 aliphatic heterocycles. The number of aliphatic imine (C=N–C) groups is 1. The monoisotopic (exact) mass is 1240 g/mol. The van der Waals surface area contributed by atoms with Crippen LogP contribution in [0.1, 0.15) is 96.6 Å². The van der Waals surface area contributed by atoms with E-state index in [1.165, 1.54) is 43.0 Å². The number of nitrogens with zero attached hydrogens (tertiary/aromatic N) is 2. The summed E-state index contributed by atoms with van der Waals surface area (Å²) in [7, 11) is 0. The van der Waals surface area contributed by atoms with E-state index in [9.17, 15) is 82.8 Å². The molecule has 2 aromatic rings. The van der Waals surface area contributed by atoms with Crippen LogP contribution < -0.4 is 71.2 Å². The molecule has 0 unspecified atom stereocenters. The highest BCUT2D eigenvalue weighted by molar-refractivity contribution is 6.00. The van der Waals surface area contributed by atoms with E-state index in [2.05, 4.69) is 47.5 Å². The summed E-state index contributed by atoms with van der Waals surface area (Å²) < 4.78 is 0. The number of likely N-dealkylation sites (tertiary alicyclic amines) is 1. The Kier molecular flexibility index (Phi) is 29.7. The number of hydrogen-bond donors (Lipinski definition) is 17. The summed E-state index contributed by atoms with van der Waals surface area (Å²) in [6, 6.07) is -1.77. The number of nitrogens with one attached hydrogen (secondary N) is 8. The number of carbonyl (C=O) groups is 13. The summed E-state index contributed by atoms with van der Waals surface area (Å²) in [6.45, 7) is 5.38. The highest BCUT2D eigenvalue weighted by Crippen LogP contribution is 2.22. The van der Waals surface area contributed by atoms with Crippen molar-refractivity contribution >= 4 is 82.9 Å². The Morgan fingerprint density at radius 1 is 0.602 bits per heavy atom. The summed E-state index contributed by atoms with van der Waals surface area (Å²) in [5.74, 6) is -15.6. The second-order valence-corrected chi connectivity index (χ2v) is 21.6. The van der Waals surface area contributed by atoms with Crippen LogP contribution >= 0.6 is 0 Å². The van der Waals surface area contributed by atoms with Gasteiger partial charge in [-0.2, -0.15) is 0 Å². The minimum absolute atomic E-state index is 0.00714. The van der Waals surface area contributed by atoms with Crippen LogP contribution in [0.4, 0.5) is 0 Å². The molecule has 11 amide bonds. The van der Waals surface area contributed by atoms with Crippen molar-refractivity contribution in [2.75, 3.05) is 19.7 Å². The zero-order valence-corrected chi connectivity index (χ0v) is 49.4. The van der Waals surface area contributed by atoms with E-state index in [-0.39, 0.29) is 82.6 Å². The smallest absolute Gasteiger partial charge is 0.326 e. The van der Waals surface area contributed by atoms with Gasteiger partial charge in [-0.1, -0.05) is 76.6 Å². The van der Waals surface area contributed by atoms with Crippen LogP contribution in [0.25, 0.3) is 0 Å². The van der Waals surface area contributed by atoms with Crippen molar-refractivity contribution in [3.05, 3.63) is 65.7 Å². The Labute approximate surface area is 507 Å². The molecule has 1 aliphatic rings. The third-order valence-electron chi connectivity index (χ3n) is 14.2. The van der Waals surface area contributed by atoms with Gasteiger partial charge in [-0.05, 0) is 67.2 Å². The van der Waals surface area contributed by atoms with Gasteiger partial charge in [0.1, 0.15) is 60.1 Å². The first-order chi connectivity index (χ1) is 41.5. The predicted molar refractivity (Wildman–Crippen MR) is 314 cm³/mol. The van der Waals surface area contributed by atoms with Gasteiger partial charge in [-0.25, -0.2) is 4.79 Å². The van der Waals surface area contributed by atoms with E-state index in [0.717, 1.165) is 0 Å². The van der Waals surface area contributed by atoms with Gasteiger partial charge in [0.05, 0.1) is 25.5 Å². The number of nitrogens with two attached hydrogens (primary N) is 5. The van der Waals surface area contributed by atoms with Gasteiger partial charge < -0.3 is 96.5 Å². The standard InChI is InChI=1S/C56H83N15O17/c1-5-29(4)45(53(85)66-36(25-42(59)75)48(80)63-34(55(87)88)13-9-21-62-56(60)61)70-51(83)40-14-10-22-71(40)54(86)38(24-30-11-7-6-8-12-30)67-52(84)44(28(2)3)69-49(81)37(26-43(76)77)65-47(79)35(23-31-15-17-32(73)18-16-31)64-50(82)39(27-72)68-46(78)33(57)19-20-41(58)74/h6-8,11-12,15-18,28-29,33-40,44-45,72-73H,5,9-10,13-14,19-27,57H2,1-4H3,(H2,58,74)(H2,59,75)(H,63,80)(H,64,82)(H,65,79)(H,66,85)(H,67,84)(H,68,78)(H,69,81)(H,70,83)(H,76,77)(H,87,88)(H4,60,61,62)/t29-,33-,34-,35-,36-,37-,38-,39-,40-,44-,45-/m0/s1. The Morgan fingerprint density at radius 2 is 1.12 bits per heavy atom. The maximum atomic E-state index is 14.8. The maximum absolute atomic E-state index is 14.8. The highest BCUT2D eigenvalue weighted by atomic mass is 16.4. The molecule has 0 bridgehead atoms. The topological polar surface area (TPSA) is 545 Å². The number of rotatable bonds is 37. The second kappa shape index (κ2) is 35.9. The molecule has 1 heterocycles. The summed E-state index contributed by atoms with van der Waals surface area (Å²) >= 11 is 0. The molecule has 0 aliphatic carbocycles. The maximum Gasteiger partial charge on any atom is 0.326 e. The van der Waals surface area contributed by atoms with Crippen molar-refractivity contribution in [2.24, 2.45) is 45.5 Å². The van der Waals surface area contributed by atoms with Crippen molar-refractivity contribution in [2.45, 2.75) is 159 Å². The molecule has 22 N–H and O–H groups in total. The molecule has 2 aromatic carbocycles. The number of aliphatic hydroxyl groups is 1. The molecule has 88 heavy (non-hydrogen) atoms. The van der Waals surface area contributed by atoms with E-state index < -0.39 is 169 Å². The van der Waals surface area contributed by atoms with Crippen LogP contribution in [-0.2, 0) is 75.2 Å². The number of guanidine groups is 1. The van der Waals surface area contributed by atoms with Crippen LogP contribution in [0.2, 0.25) is 0 Å². The SMILES string of the molecule is CC[C@H](C)[C@H](NC(=O)[C@@H]1CCCN1C(=O)[C@H](Cc1ccccc1)NC(=O)[C@@H](NC(=O)[C@H](CC(=O)O)NC(=O)[C@H](Cc1ccc(O)cc1)NC(=O)[C@H](CO)NC(=O)[C@@H](N)CCC(N)=O)C(C)C)C(=O)N[C@@H](CC(N)=O)C(=O)N[C@@H](CCCN=C(N)N)C(=O)O. The molecular weight excluding hydrogens is 1150 g/mol. The van der Waals surface area contributed by atoms with Gasteiger partial charge in [-0.15, -0.1) is 0 Å². The molecule has 0 saturated carbocycles. The molecule has 1 fully saturated rings. The predicted octanol–water partition coefficient (Wildman–Crippen LogP) is -5.18. The van der Waals surface area contributed by atoms with E-state index in [0.29, 0.717) is 11.1 Å². The molecule has 32 heteroatoms. The normalized spacial score (nSPS) is 16.2. The number of carboxylic acid groups (broad SMARTS) is 2. The Morgan fingerprint density at radius 3 is 1.69 bits per heavy atom. The number of benzene rings is 2. The van der Waals surface area contributed by atoms with Gasteiger partial charge in [0, 0.05) is 32.4 Å². The van der Waals surface area contributed by atoms with E-state index >= 15 is 0 Å². The van der Waals surface area contributed by atoms with Crippen molar-refractivity contribution in [3.63, 3.8) is 0 Å². The van der Waals surface area contributed by atoms with Crippen LogP contribution in [0.5, 0.6) is 5.75 Å². The highest BCUT2D eigenvalue weighted by Gasteiger charge is 2.42. The third-order valence-corrected chi connectivity index (χ3v) is 14.2. The molecule has 32 nitrogen and oxygen atoms in total. The van der Waals surface area contributed by atoms with E-state index in [1.807, 2.05) is 0 Å². The molecule has 484 valence electrons. The average molecular weight is 1240 g/mol. The van der Waals surface area contributed by atoms with Crippen LogP contribution in [0.15, 0.2) is 59.6 Å². The number of carbonyl (C=O) groups excluding carboxylic acids is 11. The van der Waals surface area contributed by atoms with Gasteiger partial charge in [0.25, 0.3) is 0 Å². The van der Waals surface area contributed by atoms with Crippen LogP contribution in [-0.4, -0.2) is 188 Å². The van der Waals surface area contributed by atoms with Crippen molar-refractivity contribution < 1.29 is 82.8 Å². The summed E-state index contributed by atoms with van der Waals surface area (Å²) in [5.41, 5.74) is 27.9. The Balaban J connectivity index is 1.91. The van der Waals surface area contributed by atoms with Gasteiger partial charge >= 0.3 is 11.9 Å². The number of aliphatic carboxylic acids is 2. The first-order valence-electron chi connectivity index (χ1n) is 28.4. The molecule has 0 spiro atoms. The summed E-state index contributed by atoms with van der Waals surface area (Å²) in [4.78, 5) is 179. The Hall–Kier alpha value is -9.46. The number of amides is 11. The zero-order chi connectivity index (χ0) is 65.9. The third kappa shape index (κ3) is 24.1.